The van der Waals surface area contributed by atoms with Crippen LogP contribution in [0.3, 0.4) is 0 Å². The van der Waals surface area contributed by atoms with Gasteiger partial charge in [-0.25, -0.2) is 4.79 Å². The van der Waals surface area contributed by atoms with E-state index in [1.54, 1.807) is 5.38 Å². The minimum atomic E-state index is -0.835. The predicted molar refractivity (Wildman–Crippen MR) is 72.9 cm³/mol. The van der Waals surface area contributed by atoms with E-state index in [4.69, 9.17) is 9.84 Å². The van der Waals surface area contributed by atoms with Gasteiger partial charge in [-0.2, -0.15) is 0 Å². The number of nitrogens with zero attached hydrogens (tertiary/aromatic N) is 1. The standard InChI is InChI=1S/C13H19NO3S/c1-3-14(10-4-6-17-7-5-10)12-9(2)11(8-18-12)13(15)16/h8,10H,3-7H2,1-2H3,(H,15,16). The van der Waals surface area contributed by atoms with Gasteiger partial charge in [0.2, 0.25) is 0 Å². The van der Waals surface area contributed by atoms with Crippen LogP contribution in [0.15, 0.2) is 5.38 Å². The highest BCUT2D eigenvalue weighted by atomic mass is 32.1. The van der Waals surface area contributed by atoms with Gasteiger partial charge < -0.3 is 14.7 Å². The molecular formula is C13H19NO3S. The first-order valence-electron chi connectivity index (χ1n) is 6.31. The molecule has 0 aliphatic carbocycles. The van der Waals surface area contributed by atoms with Gasteiger partial charge in [0, 0.05) is 31.2 Å². The summed E-state index contributed by atoms with van der Waals surface area (Å²) >= 11 is 1.54. The SMILES string of the molecule is CCN(c1scc(C(=O)O)c1C)C1CCOCC1. The Morgan fingerprint density at radius 1 is 1.56 bits per heavy atom. The number of carbonyl (C=O) groups is 1. The van der Waals surface area contributed by atoms with Crippen LogP contribution in [0.5, 0.6) is 0 Å². The second-order valence-electron chi connectivity index (χ2n) is 4.51. The summed E-state index contributed by atoms with van der Waals surface area (Å²) in [6.45, 7) is 6.53. The van der Waals surface area contributed by atoms with Crippen LogP contribution in [0.4, 0.5) is 5.00 Å². The summed E-state index contributed by atoms with van der Waals surface area (Å²) in [5.74, 6) is -0.835. The van der Waals surface area contributed by atoms with E-state index in [0.29, 0.717) is 11.6 Å². The Bertz CT molecular complexity index is 424. The molecule has 0 spiro atoms. The van der Waals surface area contributed by atoms with Crippen LogP contribution in [0.2, 0.25) is 0 Å². The van der Waals surface area contributed by atoms with E-state index in [2.05, 4.69) is 11.8 Å². The molecule has 1 aliphatic heterocycles. The lowest BCUT2D eigenvalue weighted by atomic mass is 10.1. The Morgan fingerprint density at radius 3 is 2.72 bits per heavy atom. The molecule has 0 unspecified atom stereocenters. The van der Waals surface area contributed by atoms with Crippen molar-refractivity contribution < 1.29 is 14.6 Å². The topological polar surface area (TPSA) is 49.8 Å². The molecule has 1 aromatic heterocycles. The fraction of sp³-hybridized carbons (Fsp3) is 0.615. The molecule has 0 bridgehead atoms. The molecule has 2 heterocycles. The van der Waals surface area contributed by atoms with Crippen molar-refractivity contribution in [3.8, 4) is 0 Å². The molecule has 1 N–H and O–H groups in total. The minimum Gasteiger partial charge on any atom is -0.478 e. The number of carboxylic acid groups (broad SMARTS) is 1. The van der Waals surface area contributed by atoms with Crippen molar-refractivity contribution >= 4 is 22.3 Å². The van der Waals surface area contributed by atoms with Crippen LogP contribution >= 0.6 is 11.3 Å². The zero-order valence-electron chi connectivity index (χ0n) is 10.8. The number of hydrogen-bond acceptors (Lipinski definition) is 4. The lowest BCUT2D eigenvalue weighted by Crippen LogP contribution is -2.39. The summed E-state index contributed by atoms with van der Waals surface area (Å²) in [6, 6.07) is 0.475. The number of ether oxygens (including phenoxy) is 1. The number of aromatic carboxylic acids is 1. The third-order valence-corrected chi connectivity index (χ3v) is 4.59. The molecule has 4 nitrogen and oxygen atoms in total. The van der Waals surface area contributed by atoms with Crippen molar-refractivity contribution in [3.63, 3.8) is 0 Å². The maximum Gasteiger partial charge on any atom is 0.336 e. The van der Waals surface area contributed by atoms with Crippen LogP contribution < -0.4 is 4.90 Å². The highest BCUT2D eigenvalue weighted by Gasteiger charge is 2.24. The monoisotopic (exact) mass is 269 g/mol. The van der Waals surface area contributed by atoms with E-state index in [1.807, 2.05) is 6.92 Å². The third-order valence-electron chi connectivity index (χ3n) is 3.48. The Balaban J connectivity index is 2.24. The normalized spacial score (nSPS) is 16.8. The van der Waals surface area contributed by atoms with Crippen molar-refractivity contribution in [2.75, 3.05) is 24.7 Å². The largest absolute Gasteiger partial charge is 0.478 e. The van der Waals surface area contributed by atoms with E-state index >= 15 is 0 Å². The molecule has 1 aliphatic rings. The smallest absolute Gasteiger partial charge is 0.336 e. The van der Waals surface area contributed by atoms with Crippen LogP contribution in [0.1, 0.15) is 35.7 Å². The maximum atomic E-state index is 11.1. The molecule has 18 heavy (non-hydrogen) atoms. The van der Waals surface area contributed by atoms with Crippen LogP contribution in [0, 0.1) is 6.92 Å². The second kappa shape index (κ2) is 5.71. The van der Waals surface area contributed by atoms with Gasteiger partial charge in [0.25, 0.3) is 0 Å². The molecular weight excluding hydrogens is 250 g/mol. The first-order chi connectivity index (χ1) is 8.65. The highest BCUT2D eigenvalue weighted by Crippen LogP contribution is 2.34. The number of thiophene rings is 1. The molecule has 2 rings (SSSR count). The summed E-state index contributed by atoms with van der Waals surface area (Å²) in [5, 5.41) is 12.0. The maximum absolute atomic E-state index is 11.1. The van der Waals surface area contributed by atoms with Crippen LogP contribution in [0.25, 0.3) is 0 Å². The number of carboxylic acids is 1. The summed E-state index contributed by atoms with van der Waals surface area (Å²) in [7, 11) is 0. The fourth-order valence-corrected chi connectivity index (χ4v) is 3.67. The molecule has 0 amide bonds. The quantitative estimate of drug-likeness (QED) is 0.913. The average Bonchev–Trinajstić information content (AvgIpc) is 2.74. The molecule has 5 heteroatoms. The van der Waals surface area contributed by atoms with Crippen LogP contribution in [-0.2, 0) is 4.74 Å². The average molecular weight is 269 g/mol. The van der Waals surface area contributed by atoms with Crippen molar-refractivity contribution in [2.45, 2.75) is 32.7 Å². The Hall–Kier alpha value is -1.07. The third kappa shape index (κ3) is 2.52. The number of anilines is 1. The van der Waals surface area contributed by atoms with Crippen molar-refractivity contribution in [1.82, 2.24) is 0 Å². The molecule has 1 saturated heterocycles. The van der Waals surface area contributed by atoms with Gasteiger partial charge in [-0.15, -0.1) is 11.3 Å². The van der Waals surface area contributed by atoms with E-state index in [9.17, 15) is 4.79 Å². The van der Waals surface area contributed by atoms with E-state index in [1.165, 1.54) is 11.3 Å². The molecule has 0 aromatic carbocycles. The second-order valence-corrected chi connectivity index (χ2v) is 5.37. The summed E-state index contributed by atoms with van der Waals surface area (Å²) in [4.78, 5) is 13.4. The molecule has 0 radical (unpaired) electrons. The lowest BCUT2D eigenvalue weighted by molar-refractivity contribution is 0.0696. The highest BCUT2D eigenvalue weighted by molar-refractivity contribution is 7.14. The van der Waals surface area contributed by atoms with Gasteiger partial charge in [-0.1, -0.05) is 0 Å². The minimum absolute atomic E-state index is 0.431. The van der Waals surface area contributed by atoms with Gasteiger partial charge in [0.1, 0.15) is 0 Å². The lowest BCUT2D eigenvalue weighted by Gasteiger charge is -2.34. The van der Waals surface area contributed by atoms with Crippen molar-refractivity contribution in [2.24, 2.45) is 0 Å². The number of hydrogen-bond donors (Lipinski definition) is 1. The van der Waals surface area contributed by atoms with Crippen molar-refractivity contribution in [1.29, 1.82) is 0 Å². The van der Waals surface area contributed by atoms with E-state index < -0.39 is 5.97 Å². The van der Waals surface area contributed by atoms with Gasteiger partial charge in [0.15, 0.2) is 0 Å². The van der Waals surface area contributed by atoms with Gasteiger partial charge in [0.05, 0.1) is 10.6 Å². The number of rotatable bonds is 4. The van der Waals surface area contributed by atoms with E-state index in [0.717, 1.165) is 43.2 Å². The Morgan fingerprint density at radius 2 is 2.22 bits per heavy atom. The molecule has 0 saturated carbocycles. The van der Waals surface area contributed by atoms with Crippen molar-refractivity contribution in [3.05, 3.63) is 16.5 Å². The van der Waals surface area contributed by atoms with Gasteiger partial charge in [-0.05, 0) is 32.3 Å². The van der Waals surface area contributed by atoms with Gasteiger partial charge in [-0.3, -0.25) is 0 Å². The first kappa shape index (κ1) is 13.4. The Labute approximate surface area is 111 Å². The summed E-state index contributed by atoms with van der Waals surface area (Å²) < 4.78 is 5.39. The fourth-order valence-electron chi connectivity index (χ4n) is 2.47. The zero-order valence-corrected chi connectivity index (χ0v) is 11.6. The Kier molecular flexibility index (Phi) is 4.24. The molecule has 1 aromatic rings. The zero-order chi connectivity index (χ0) is 13.1. The first-order valence-corrected chi connectivity index (χ1v) is 7.18. The molecule has 1 fully saturated rings. The van der Waals surface area contributed by atoms with E-state index in [-0.39, 0.29) is 0 Å². The van der Waals surface area contributed by atoms with Crippen LogP contribution in [-0.4, -0.2) is 36.9 Å². The summed E-state index contributed by atoms with van der Waals surface area (Å²) in [5.41, 5.74) is 1.32. The van der Waals surface area contributed by atoms with Gasteiger partial charge >= 0.3 is 5.97 Å². The predicted octanol–water partition coefficient (Wildman–Crippen LogP) is 2.76. The summed E-state index contributed by atoms with van der Waals surface area (Å²) in [6.07, 6.45) is 2.04. The molecule has 0 atom stereocenters. The molecule has 100 valence electrons.